The van der Waals surface area contributed by atoms with Crippen LogP contribution in [0.5, 0.6) is 5.75 Å². The third-order valence-electron chi connectivity index (χ3n) is 10.1. The number of morpholine rings is 1. The van der Waals surface area contributed by atoms with Crippen LogP contribution in [-0.2, 0) is 20.9 Å². The van der Waals surface area contributed by atoms with Crippen LogP contribution in [0.15, 0.2) is 53.9 Å². The first kappa shape index (κ1) is 38.6. The number of ether oxygens (including phenoxy) is 2. The number of nitrogens with zero attached hydrogens (tertiary/aromatic N) is 9. The lowest BCUT2D eigenvalue weighted by Gasteiger charge is -2.43. The van der Waals surface area contributed by atoms with E-state index in [9.17, 15) is 23.2 Å². The Balaban J connectivity index is 1.03. The summed E-state index contributed by atoms with van der Waals surface area (Å²) < 4.78 is 40.4. The highest BCUT2D eigenvalue weighted by Crippen LogP contribution is 2.39. The highest BCUT2D eigenvalue weighted by molar-refractivity contribution is 7.99. The Bertz CT molecular complexity index is 1970. The summed E-state index contributed by atoms with van der Waals surface area (Å²) in [6.45, 7) is 8.32. The second kappa shape index (κ2) is 17.4. The van der Waals surface area contributed by atoms with Gasteiger partial charge in [0.1, 0.15) is 23.6 Å². The van der Waals surface area contributed by atoms with Crippen LogP contribution < -0.4 is 10.1 Å². The molecule has 294 valence electrons. The molecular weight excluding hydrogens is 735 g/mol. The summed E-state index contributed by atoms with van der Waals surface area (Å²) in [5.74, 6) is -0.625. The molecule has 3 aliphatic heterocycles. The quantitative estimate of drug-likeness (QED) is 0.212. The van der Waals surface area contributed by atoms with E-state index in [-0.39, 0.29) is 51.9 Å². The van der Waals surface area contributed by atoms with Gasteiger partial charge in [0.2, 0.25) is 11.8 Å². The average molecular weight is 781 g/mol. The molecule has 7 rings (SSSR count). The van der Waals surface area contributed by atoms with Crippen LogP contribution in [0.2, 0.25) is 0 Å². The maximum Gasteiger partial charge on any atom is 0.387 e. The Labute approximate surface area is 321 Å². The molecule has 0 bridgehead atoms. The van der Waals surface area contributed by atoms with Crippen LogP contribution in [0.3, 0.4) is 0 Å². The van der Waals surface area contributed by atoms with Gasteiger partial charge < -0.3 is 24.6 Å². The van der Waals surface area contributed by atoms with Crippen LogP contribution in [0, 0.1) is 0 Å². The van der Waals surface area contributed by atoms with Crippen LogP contribution in [0.4, 0.5) is 14.5 Å². The highest BCUT2D eigenvalue weighted by Gasteiger charge is 2.31. The number of likely N-dealkylation sites (tertiary alicyclic amines) is 1. The molecule has 4 aromatic rings. The minimum atomic E-state index is -3.09. The lowest BCUT2D eigenvalue weighted by Crippen LogP contribution is -2.55. The van der Waals surface area contributed by atoms with E-state index in [0.717, 1.165) is 43.9 Å². The zero-order chi connectivity index (χ0) is 38.5. The predicted molar refractivity (Wildman–Crippen MR) is 201 cm³/mol. The minimum Gasteiger partial charge on any atom is -0.434 e. The summed E-state index contributed by atoms with van der Waals surface area (Å²) in [7, 11) is 0. The molecule has 0 atom stereocenters. The summed E-state index contributed by atoms with van der Waals surface area (Å²) in [4.78, 5) is 53.5. The number of rotatable bonds is 12. The minimum absolute atomic E-state index is 0.112. The molecule has 0 unspecified atom stereocenters. The number of anilines is 1. The van der Waals surface area contributed by atoms with Crippen LogP contribution in [0.1, 0.15) is 37.0 Å². The van der Waals surface area contributed by atoms with Gasteiger partial charge in [-0.25, -0.2) is 9.50 Å². The molecule has 0 saturated carbocycles. The molecule has 3 aromatic heterocycles. The fourth-order valence-electron chi connectivity index (χ4n) is 7.32. The molecule has 18 heteroatoms. The molecule has 3 amide bonds. The number of alkyl halides is 2. The number of halogens is 2. The van der Waals surface area contributed by atoms with E-state index in [1.165, 1.54) is 39.4 Å². The molecule has 1 aromatic carbocycles. The van der Waals surface area contributed by atoms with Gasteiger partial charge in [0.25, 0.3) is 5.91 Å². The van der Waals surface area contributed by atoms with Crippen molar-refractivity contribution in [3.8, 4) is 17.0 Å². The molecule has 3 aliphatic rings. The number of carbonyl (C=O) groups is 3. The van der Waals surface area contributed by atoms with Crippen molar-refractivity contribution in [2.45, 2.75) is 56.0 Å². The van der Waals surface area contributed by atoms with Crippen molar-refractivity contribution in [2.24, 2.45) is 0 Å². The molecular formula is C37H46F2N10O5S. The number of hydrogen-bond acceptors (Lipinski definition) is 11. The number of nitrogens with one attached hydrogen (secondary N) is 1. The Hall–Kier alpha value is -4.65. The summed E-state index contributed by atoms with van der Waals surface area (Å²) in [5.41, 5.74) is 1.18. The SMILES string of the molecule is CC(C)Sc1ccc(OC(F)F)c(-c2nn(CC(=O)N3CCC(N4CCN(CC(=O)N5CCOCC5)CC4)CC3)cc2NC(=O)c2cnn3cccnc23)c1. The van der Waals surface area contributed by atoms with Crippen molar-refractivity contribution in [1.29, 1.82) is 0 Å². The molecule has 6 heterocycles. The van der Waals surface area contributed by atoms with Gasteiger partial charge in [-0.15, -0.1) is 11.8 Å². The lowest BCUT2D eigenvalue weighted by molar-refractivity contribution is -0.137. The van der Waals surface area contributed by atoms with E-state index in [1.807, 2.05) is 23.6 Å². The van der Waals surface area contributed by atoms with Gasteiger partial charge in [-0.3, -0.25) is 28.9 Å². The number of piperidine rings is 1. The van der Waals surface area contributed by atoms with E-state index in [1.54, 1.807) is 30.6 Å². The molecule has 0 radical (unpaired) electrons. The van der Waals surface area contributed by atoms with Crippen LogP contribution >= 0.6 is 11.8 Å². The average Bonchev–Trinajstić information content (AvgIpc) is 3.79. The lowest BCUT2D eigenvalue weighted by atomic mass is 10.0. The van der Waals surface area contributed by atoms with Crippen molar-refractivity contribution < 1.29 is 32.6 Å². The van der Waals surface area contributed by atoms with E-state index < -0.39 is 12.5 Å². The molecule has 1 N–H and O–H groups in total. The van der Waals surface area contributed by atoms with Crippen molar-refractivity contribution in [3.63, 3.8) is 0 Å². The molecule has 0 spiro atoms. The molecule has 3 fully saturated rings. The maximum atomic E-state index is 13.7. The van der Waals surface area contributed by atoms with Crippen LogP contribution in [0.25, 0.3) is 16.9 Å². The summed E-state index contributed by atoms with van der Waals surface area (Å²) in [6, 6.07) is 6.91. The monoisotopic (exact) mass is 780 g/mol. The van der Waals surface area contributed by atoms with Crippen molar-refractivity contribution in [3.05, 3.63) is 54.6 Å². The fraction of sp³-hybridized carbons (Fsp3) is 0.514. The van der Waals surface area contributed by atoms with Gasteiger partial charge in [0.15, 0.2) is 5.65 Å². The van der Waals surface area contributed by atoms with Crippen molar-refractivity contribution >= 4 is 40.8 Å². The largest absolute Gasteiger partial charge is 0.434 e. The highest BCUT2D eigenvalue weighted by atomic mass is 32.2. The standard InChI is InChI=1S/C37H46F2N10O5S/c1-25(2)55-27-4-5-31(54-37(38)39)28(20-27)34-30(42-36(52)29-21-41-49-9-3-8-40-35(29)49)22-48(43-34)24-33(51)46-10-6-26(7-11-46)45-14-12-44(13-15-45)23-32(50)47-16-18-53-19-17-47/h3-5,8-9,20-22,25-26,37H,6-7,10-19,23-24H2,1-2H3,(H,42,52). The van der Waals surface area contributed by atoms with Crippen molar-refractivity contribution in [1.82, 2.24) is 44.0 Å². The Morgan fingerprint density at radius 3 is 2.44 bits per heavy atom. The fourth-order valence-corrected chi connectivity index (χ4v) is 8.19. The number of fused-ring (bicyclic) bond motifs is 1. The molecule has 0 aliphatic carbocycles. The summed E-state index contributed by atoms with van der Waals surface area (Å²) >= 11 is 1.54. The smallest absolute Gasteiger partial charge is 0.387 e. The number of piperazine rings is 1. The van der Waals surface area contributed by atoms with E-state index in [4.69, 9.17) is 9.47 Å². The van der Waals surface area contributed by atoms with E-state index in [2.05, 4.69) is 30.3 Å². The van der Waals surface area contributed by atoms with Gasteiger partial charge >= 0.3 is 6.61 Å². The second-order valence-corrected chi connectivity index (χ2v) is 15.8. The number of carbonyl (C=O) groups excluding carboxylic acids is 3. The number of thioether (sulfide) groups is 1. The third-order valence-corrected chi connectivity index (χ3v) is 11.1. The number of hydrogen-bond donors (Lipinski definition) is 1. The van der Waals surface area contributed by atoms with Gasteiger partial charge in [0, 0.05) is 92.7 Å². The first-order chi connectivity index (χ1) is 26.6. The predicted octanol–water partition coefficient (Wildman–Crippen LogP) is 3.41. The number of benzene rings is 1. The Morgan fingerprint density at radius 2 is 1.71 bits per heavy atom. The normalized spacial score (nSPS) is 17.7. The zero-order valence-corrected chi connectivity index (χ0v) is 31.8. The summed E-state index contributed by atoms with van der Waals surface area (Å²) in [5, 5.41) is 12.0. The molecule has 55 heavy (non-hydrogen) atoms. The first-order valence-corrected chi connectivity index (χ1v) is 19.5. The van der Waals surface area contributed by atoms with Gasteiger partial charge in [0.05, 0.1) is 31.6 Å². The number of amides is 3. The van der Waals surface area contributed by atoms with Gasteiger partial charge in [-0.05, 0) is 37.1 Å². The van der Waals surface area contributed by atoms with Gasteiger partial charge in [-0.1, -0.05) is 13.8 Å². The van der Waals surface area contributed by atoms with Crippen LogP contribution in [-0.4, -0.2) is 152 Å². The topological polar surface area (TPSA) is 143 Å². The second-order valence-electron chi connectivity index (χ2n) is 14.1. The van der Waals surface area contributed by atoms with Gasteiger partial charge in [-0.2, -0.15) is 19.0 Å². The molecule has 15 nitrogen and oxygen atoms in total. The van der Waals surface area contributed by atoms with Crippen molar-refractivity contribution in [2.75, 3.05) is 77.4 Å². The zero-order valence-electron chi connectivity index (χ0n) is 31.0. The third kappa shape index (κ3) is 9.42. The first-order valence-electron chi connectivity index (χ1n) is 18.6. The maximum absolute atomic E-state index is 13.7. The Kier molecular flexibility index (Phi) is 12.2. The van der Waals surface area contributed by atoms with E-state index >= 15 is 0 Å². The number of aromatic nitrogens is 5. The Morgan fingerprint density at radius 1 is 0.982 bits per heavy atom. The molecule has 3 saturated heterocycles. The van der Waals surface area contributed by atoms with E-state index in [0.29, 0.717) is 57.6 Å². The summed E-state index contributed by atoms with van der Waals surface area (Å²) in [6.07, 6.45) is 7.80.